The van der Waals surface area contributed by atoms with Crippen LogP contribution >= 0.6 is 34.5 Å². The first-order valence-corrected chi connectivity index (χ1v) is 6.31. The van der Waals surface area contributed by atoms with Crippen molar-refractivity contribution in [1.29, 1.82) is 0 Å². The molecule has 0 saturated heterocycles. The van der Waals surface area contributed by atoms with Crippen LogP contribution < -0.4 is 0 Å². The van der Waals surface area contributed by atoms with E-state index in [4.69, 9.17) is 28.3 Å². The van der Waals surface area contributed by atoms with E-state index in [0.717, 1.165) is 5.56 Å². The number of carbonyl (C=O) groups is 1. The van der Waals surface area contributed by atoms with Crippen molar-refractivity contribution in [3.63, 3.8) is 0 Å². The van der Waals surface area contributed by atoms with Gasteiger partial charge in [0.1, 0.15) is 5.01 Å². The molecule has 0 aliphatic heterocycles. The molecule has 0 aliphatic rings. The maximum atomic E-state index is 10.5. The average Bonchev–Trinajstić information content (AvgIpc) is 2.65. The van der Waals surface area contributed by atoms with Crippen LogP contribution in [-0.4, -0.2) is 16.1 Å². The Bertz CT molecular complexity index is 568. The van der Waals surface area contributed by atoms with Crippen molar-refractivity contribution in [3.8, 4) is 10.6 Å². The van der Waals surface area contributed by atoms with Crippen LogP contribution in [0.25, 0.3) is 10.6 Å². The fourth-order valence-electron chi connectivity index (χ4n) is 1.33. The number of aliphatic carboxylic acids is 1. The summed E-state index contributed by atoms with van der Waals surface area (Å²) in [6.45, 7) is 0. The van der Waals surface area contributed by atoms with Crippen LogP contribution in [-0.2, 0) is 11.2 Å². The number of carboxylic acids is 1. The van der Waals surface area contributed by atoms with Gasteiger partial charge in [-0.15, -0.1) is 11.3 Å². The summed E-state index contributed by atoms with van der Waals surface area (Å²) in [4.78, 5) is 14.8. The highest BCUT2D eigenvalue weighted by atomic mass is 35.5. The van der Waals surface area contributed by atoms with Gasteiger partial charge in [-0.25, -0.2) is 4.98 Å². The summed E-state index contributed by atoms with van der Waals surface area (Å²) in [5.74, 6) is -0.899. The van der Waals surface area contributed by atoms with Crippen molar-refractivity contribution in [1.82, 2.24) is 4.98 Å². The van der Waals surface area contributed by atoms with E-state index in [1.807, 2.05) is 0 Å². The lowest BCUT2D eigenvalue weighted by Crippen LogP contribution is -1.99. The van der Waals surface area contributed by atoms with Crippen molar-refractivity contribution in [2.75, 3.05) is 0 Å². The Labute approximate surface area is 112 Å². The predicted molar refractivity (Wildman–Crippen MR) is 68.9 cm³/mol. The predicted octanol–water partition coefficient (Wildman–Crippen LogP) is 3.74. The van der Waals surface area contributed by atoms with Gasteiger partial charge in [-0.1, -0.05) is 23.2 Å². The lowest BCUT2D eigenvalue weighted by molar-refractivity contribution is -0.136. The average molecular weight is 288 g/mol. The number of nitrogens with zero attached hydrogens (tertiary/aromatic N) is 1. The normalized spacial score (nSPS) is 10.5. The summed E-state index contributed by atoms with van der Waals surface area (Å²) in [7, 11) is 0. The van der Waals surface area contributed by atoms with E-state index in [2.05, 4.69) is 4.98 Å². The van der Waals surface area contributed by atoms with Crippen LogP contribution in [0.3, 0.4) is 0 Å². The molecule has 0 amide bonds. The molecule has 0 radical (unpaired) electrons. The highest BCUT2D eigenvalue weighted by Crippen LogP contribution is 2.32. The van der Waals surface area contributed by atoms with Crippen molar-refractivity contribution < 1.29 is 9.90 Å². The van der Waals surface area contributed by atoms with E-state index in [1.165, 1.54) is 11.3 Å². The number of benzene rings is 1. The molecular formula is C11H7Cl2NO2S. The SMILES string of the molecule is O=C(O)Cc1csc(-c2ccc(Cl)cc2Cl)n1. The van der Waals surface area contributed by atoms with Gasteiger partial charge in [0.15, 0.2) is 0 Å². The Kier molecular flexibility index (Phi) is 3.66. The Morgan fingerprint density at radius 3 is 2.82 bits per heavy atom. The third kappa shape index (κ3) is 2.97. The van der Waals surface area contributed by atoms with Gasteiger partial charge in [-0.05, 0) is 18.2 Å². The molecule has 1 heterocycles. The highest BCUT2D eigenvalue weighted by Gasteiger charge is 2.10. The Morgan fingerprint density at radius 1 is 1.41 bits per heavy atom. The van der Waals surface area contributed by atoms with Crippen LogP contribution in [0.4, 0.5) is 0 Å². The molecule has 1 aromatic heterocycles. The number of hydrogen-bond acceptors (Lipinski definition) is 3. The molecule has 2 rings (SSSR count). The molecule has 0 unspecified atom stereocenters. The quantitative estimate of drug-likeness (QED) is 0.935. The van der Waals surface area contributed by atoms with Crippen LogP contribution in [0, 0.1) is 0 Å². The molecule has 88 valence electrons. The summed E-state index contributed by atoms with van der Waals surface area (Å²) < 4.78 is 0. The molecule has 1 aromatic carbocycles. The molecule has 2 aromatic rings. The fourth-order valence-corrected chi connectivity index (χ4v) is 2.74. The zero-order valence-corrected chi connectivity index (χ0v) is 10.8. The third-order valence-corrected chi connectivity index (χ3v) is 3.52. The van der Waals surface area contributed by atoms with Crippen LogP contribution in [0.1, 0.15) is 5.69 Å². The second-order valence-corrected chi connectivity index (χ2v) is 5.04. The summed E-state index contributed by atoms with van der Waals surface area (Å²) in [6.07, 6.45) is -0.0816. The van der Waals surface area contributed by atoms with Gasteiger partial charge in [0, 0.05) is 16.0 Å². The largest absolute Gasteiger partial charge is 0.481 e. The summed E-state index contributed by atoms with van der Waals surface area (Å²) in [5.41, 5.74) is 1.29. The molecular weight excluding hydrogens is 281 g/mol. The number of rotatable bonds is 3. The molecule has 17 heavy (non-hydrogen) atoms. The first-order valence-electron chi connectivity index (χ1n) is 4.68. The maximum Gasteiger partial charge on any atom is 0.309 e. The van der Waals surface area contributed by atoms with Gasteiger partial charge in [-0.3, -0.25) is 4.79 Å². The number of hydrogen-bond donors (Lipinski definition) is 1. The van der Waals surface area contributed by atoms with Gasteiger partial charge in [0.25, 0.3) is 0 Å². The molecule has 0 spiro atoms. The summed E-state index contributed by atoms with van der Waals surface area (Å²) in [6, 6.07) is 5.13. The molecule has 1 N–H and O–H groups in total. The second-order valence-electron chi connectivity index (χ2n) is 3.34. The van der Waals surface area contributed by atoms with E-state index >= 15 is 0 Å². The standard InChI is InChI=1S/C11H7Cl2NO2S/c12-6-1-2-8(9(13)3-6)11-14-7(5-17-11)4-10(15)16/h1-3,5H,4H2,(H,15,16). The maximum absolute atomic E-state index is 10.5. The third-order valence-electron chi connectivity index (χ3n) is 2.05. The minimum absolute atomic E-state index is 0.0816. The van der Waals surface area contributed by atoms with Crippen LogP contribution in [0.2, 0.25) is 10.0 Å². The van der Waals surface area contributed by atoms with Gasteiger partial charge < -0.3 is 5.11 Å². The van der Waals surface area contributed by atoms with Crippen LogP contribution in [0.15, 0.2) is 23.6 Å². The first kappa shape index (κ1) is 12.4. The number of thiazole rings is 1. The van der Waals surface area contributed by atoms with Crippen LogP contribution in [0.5, 0.6) is 0 Å². The van der Waals surface area contributed by atoms with Gasteiger partial charge in [0.05, 0.1) is 17.1 Å². The Morgan fingerprint density at radius 2 is 2.18 bits per heavy atom. The molecule has 0 bridgehead atoms. The van der Waals surface area contributed by atoms with Gasteiger partial charge in [0.2, 0.25) is 0 Å². The van der Waals surface area contributed by atoms with Gasteiger partial charge >= 0.3 is 5.97 Å². The van der Waals surface area contributed by atoms with Crippen molar-refractivity contribution in [3.05, 3.63) is 39.3 Å². The molecule has 0 aliphatic carbocycles. The minimum Gasteiger partial charge on any atom is -0.481 e. The fraction of sp³-hybridized carbons (Fsp3) is 0.0909. The second kappa shape index (κ2) is 5.04. The molecule has 0 atom stereocenters. The Hall–Kier alpha value is -1.10. The van der Waals surface area contributed by atoms with E-state index in [1.54, 1.807) is 23.6 Å². The minimum atomic E-state index is -0.899. The topological polar surface area (TPSA) is 50.2 Å². The number of carboxylic acid groups (broad SMARTS) is 1. The van der Waals surface area contributed by atoms with E-state index in [9.17, 15) is 4.79 Å². The first-order chi connectivity index (χ1) is 8.06. The summed E-state index contributed by atoms with van der Waals surface area (Å²) in [5, 5.41) is 12.1. The zero-order chi connectivity index (χ0) is 12.4. The summed E-state index contributed by atoms with van der Waals surface area (Å²) >= 11 is 13.2. The lowest BCUT2D eigenvalue weighted by Gasteiger charge is -2.00. The van der Waals surface area contributed by atoms with Crippen molar-refractivity contribution >= 4 is 40.5 Å². The van der Waals surface area contributed by atoms with E-state index in [0.29, 0.717) is 20.7 Å². The van der Waals surface area contributed by atoms with E-state index < -0.39 is 5.97 Å². The smallest absolute Gasteiger partial charge is 0.309 e. The number of aromatic nitrogens is 1. The zero-order valence-electron chi connectivity index (χ0n) is 8.48. The Balaban J connectivity index is 2.33. The molecule has 0 saturated carbocycles. The monoisotopic (exact) mass is 287 g/mol. The lowest BCUT2D eigenvalue weighted by atomic mass is 10.2. The molecule has 6 heteroatoms. The highest BCUT2D eigenvalue weighted by molar-refractivity contribution is 7.13. The molecule has 3 nitrogen and oxygen atoms in total. The molecule has 0 fully saturated rings. The van der Waals surface area contributed by atoms with Crippen molar-refractivity contribution in [2.24, 2.45) is 0 Å². The van der Waals surface area contributed by atoms with E-state index in [-0.39, 0.29) is 6.42 Å². The van der Waals surface area contributed by atoms with Crippen molar-refractivity contribution in [2.45, 2.75) is 6.42 Å². The van der Waals surface area contributed by atoms with Gasteiger partial charge in [-0.2, -0.15) is 0 Å². The number of halogens is 2.